The van der Waals surface area contributed by atoms with Gasteiger partial charge in [-0.2, -0.15) is 0 Å². The van der Waals surface area contributed by atoms with Gasteiger partial charge in [0.15, 0.2) is 46.1 Å². The SMILES string of the molecule is COc1cc2c(Oc3ccc4[nH]c(C)cc4c3F)ncnc2cc1OC[C@H]1CCCN1.COc1cc2c(Oc3ccc4[nH]c(C)cc4c3F)ncnc2cc1OC[C@H]1CCCN1C(C)=O. The lowest BCUT2D eigenvalue weighted by molar-refractivity contribution is -0.130. The number of ether oxygens (including phenoxy) is 6. The quantitative estimate of drug-likeness (QED) is 0.106. The van der Waals surface area contributed by atoms with Crippen LogP contribution >= 0.6 is 0 Å². The van der Waals surface area contributed by atoms with E-state index in [1.807, 2.05) is 18.7 Å². The lowest BCUT2D eigenvalue weighted by Crippen LogP contribution is -2.37. The first-order valence-electron chi connectivity index (χ1n) is 21.4. The molecule has 65 heavy (non-hydrogen) atoms. The molecule has 0 radical (unpaired) electrons. The second-order valence-corrected chi connectivity index (χ2v) is 16.1. The van der Waals surface area contributed by atoms with Gasteiger partial charge in [0.2, 0.25) is 17.7 Å². The number of nitrogens with zero attached hydrogens (tertiary/aromatic N) is 5. The van der Waals surface area contributed by atoms with Crippen LogP contribution < -0.4 is 33.7 Å². The second-order valence-electron chi connectivity index (χ2n) is 16.1. The molecule has 0 bridgehead atoms. The lowest BCUT2D eigenvalue weighted by atomic mass is 10.2. The van der Waals surface area contributed by atoms with Crippen LogP contribution in [0.15, 0.2) is 73.3 Å². The maximum Gasteiger partial charge on any atom is 0.230 e. The maximum absolute atomic E-state index is 15.1. The van der Waals surface area contributed by atoms with Crippen molar-refractivity contribution in [2.75, 3.05) is 40.5 Å². The minimum absolute atomic E-state index is 0.0251. The van der Waals surface area contributed by atoms with Gasteiger partial charge in [-0.1, -0.05) is 0 Å². The summed E-state index contributed by atoms with van der Waals surface area (Å²) in [5.74, 6) is 1.88. The summed E-state index contributed by atoms with van der Waals surface area (Å²) in [5, 5.41) is 5.50. The van der Waals surface area contributed by atoms with Crippen LogP contribution in [0.3, 0.4) is 0 Å². The molecule has 0 saturated carbocycles. The number of nitrogens with one attached hydrogen (secondary N) is 3. The molecule has 2 saturated heterocycles. The summed E-state index contributed by atoms with van der Waals surface area (Å²) in [5.41, 5.74) is 4.34. The highest BCUT2D eigenvalue weighted by molar-refractivity contribution is 5.89. The molecule has 17 heteroatoms. The van der Waals surface area contributed by atoms with E-state index < -0.39 is 11.6 Å². The van der Waals surface area contributed by atoms with Crippen LogP contribution in [0.5, 0.6) is 46.3 Å². The Morgan fingerprint density at radius 1 is 0.662 bits per heavy atom. The van der Waals surface area contributed by atoms with Gasteiger partial charge in [-0.3, -0.25) is 4.79 Å². The number of aromatic amines is 2. The number of amides is 1. The number of benzene rings is 4. The van der Waals surface area contributed by atoms with Crippen molar-refractivity contribution in [3.05, 3.63) is 96.3 Å². The number of rotatable bonds is 12. The van der Waals surface area contributed by atoms with Crippen molar-refractivity contribution in [3.8, 4) is 46.3 Å². The highest BCUT2D eigenvalue weighted by Gasteiger charge is 2.28. The van der Waals surface area contributed by atoms with Gasteiger partial charge in [0.25, 0.3) is 0 Å². The van der Waals surface area contributed by atoms with Crippen LogP contribution in [0.25, 0.3) is 43.6 Å². The lowest BCUT2D eigenvalue weighted by Gasteiger charge is -2.23. The van der Waals surface area contributed by atoms with E-state index in [2.05, 4.69) is 35.2 Å². The molecular formula is C48H48F2N8O7. The minimum Gasteiger partial charge on any atom is -0.493 e. The summed E-state index contributed by atoms with van der Waals surface area (Å²) in [7, 11) is 3.12. The van der Waals surface area contributed by atoms with Gasteiger partial charge < -0.3 is 48.6 Å². The summed E-state index contributed by atoms with van der Waals surface area (Å²) < 4.78 is 64.9. The first-order chi connectivity index (χ1) is 31.6. The summed E-state index contributed by atoms with van der Waals surface area (Å²) in [6.45, 7) is 8.00. The van der Waals surface area contributed by atoms with Gasteiger partial charge in [-0.05, 0) is 94.6 Å². The summed E-state index contributed by atoms with van der Waals surface area (Å²) in [6.07, 6.45) is 6.85. The summed E-state index contributed by atoms with van der Waals surface area (Å²) >= 11 is 0. The van der Waals surface area contributed by atoms with E-state index in [9.17, 15) is 9.18 Å². The molecule has 2 atom stereocenters. The van der Waals surface area contributed by atoms with Gasteiger partial charge in [-0.25, -0.2) is 28.7 Å². The summed E-state index contributed by atoms with van der Waals surface area (Å²) in [4.78, 5) is 37.0. The molecule has 4 aromatic carbocycles. The normalized spacial score (nSPS) is 16.0. The van der Waals surface area contributed by atoms with Gasteiger partial charge in [0.1, 0.15) is 25.9 Å². The predicted octanol–water partition coefficient (Wildman–Crippen LogP) is 9.24. The van der Waals surface area contributed by atoms with E-state index in [1.54, 1.807) is 74.7 Å². The number of H-pyrrole nitrogens is 2. The van der Waals surface area contributed by atoms with E-state index in [0.29, 0.717) is 80.3 Å². The molecule has 2 aliphatic heterocycles. The standard InChI is InChI=1S/C25H25FN4O4.C23H23FN4O3/c1-14-9-17-19(29-14)6-7-21(24(17)26)34-25-18-10-22(32-3)23(11-20(18)27-13-28-25)33-12-16-5-4-8-30(16)15(2)31;1-13-8-15-17(28-13)5-6-19(22(15)24)31-23-16-9-20(29-2)21(10-18(16)26-12-27-23)30-11-14-4-3-7-25-14/h6-7,9-11,13,16,29H,4-5,8,12H2,1-3H3;5-6,8-10,12,14,25,28H,3-4,7,11H2,1-2H3/t16-;14-/m11/s1. The highest BCUT2D eigenvalue weighted by atomic mass is 19.1. The van der Waals surface area contributed by atoms with Crippen molar-refractivity contribution in [2.45, 2.75) is 58.5 Å². The second kappa shape index (κ2) is 18.4. The molecule has 0 unspecified atom stereocenters. The van der Waals surface area contributed by atoms with E-state index in [-0.39, 0.29) is 35.2 Å². The molecule has 2 fully saturated rings. The van der Waals surface area contributed by atoms with Gasteiger partial charge in [0, 0.05) is 64.8 Å². The number of methoxy groups -OCH3 is 2. The van der Waals surface area contributed by atoms with Crippen LogP contribution in [0.1, 0.15) is 44.0 Å². The fourth-order valence-corrected chi connectivity index (χ4v) is 8.43. The molecule has 6 heterocycles. The van der Waals surface area contributed by atoms with Crippen molar-refractivity contribution in [1.82, 2.24) is 40.1 Å². The number of halogens is 2. The minimum atomic E-state index is -0.466. The zero-order valence-electron chi connectivity index (χ0n) is 36.6. The topological polar surface area (TPSA) is 171 Å². The van der Waals surface area contributed by atoms with Crippen molar-refractivity contribution >= 4 is 49.5 Å². The Hall–Kier alpha value is -7.27. The van der Waals surface area contributed by atoms with E-state index in [0.717, 1.165) is 55.7 Å². The molecule has 8 aromatic rings. The van der Waals surface area contributed by atoms with Crippen molar-refractivity contribution in [1.29, 1.82) is 0 Å². The number of fused-ring (bicyclic) bond motifs is 4. The smallest absolute Gasteiger partial charge is 0.230 e. The van der Waals surface area contributed by atoms with Crippen LogP contribution in [0.2, 0.25) is 0 Å². The largest absolute Gasteiger partial charge is 0.493 e. The Kier molecular flexibility index (Phi) is 12.2. The average Bonchev–Trinajstić information content (AvgIpc) is 4.15. The fourth-order valence-electron chi connectivity index (χ4n) is 8.43. The van der Waals surface area contributed by atoms with Crippen LogP contribution in [-0.2, 0) is 4.79 Å². The molecular weight excluding hydrogens is 839 g/mol. The molecule has 4 aromatic heterocycles. The monoisotopic (exact) mass is 886 g/mol. The van der Waals surface area contributed by atoms with Gasteiger partial charge >= 0.3 is 0 Å². The molecule has 3 N–H and O–H groups in total. The average molecular weight is 887 g/mol. The van der Waals surface area contributed by atoms with E-state index in [1.165, 1.54) is 19.8 Å². The third-order valence-electron chi connectivity index (χ3n) is 11.7. The number of hydrogen-bond acceptors (Lipinski definition) is 12. The first-order valence-corrected chi connectivity index (χ1v) is 21.4. The van der Waals surface area contributed by atoms with Crippen molar-refractivity contribution < 1.29 is 42.0 Å². The Morgan fingerprint density at radius 2 is 1.20 bits per heavy atom. The number of carbonyl (C=O) groups excluding carboxylic acids is 1. The predicted molar refractivity (Wildman–Crippen MR) is 241 cm³/mol. The van der Waals surface area contributed by atoms with E-state index >= 15 is 4.39 Å². The number of aromatic nitrogens is 6. The molecule has 2 aliphatic rings. The fraction of sp³-hybridized carbons (Fsp3) is 0.312. The van der Waals surface area contributed by atoms with E-state index in [4.69, 9.17) is 28.4 Å². The number of aryl methyl sites for hydroxylation is 2. The molecule has 0 aliphatic carbocycles. The van der Waals surface area contributed by atoms with Crippen molar-refractivity contribution in [3.63, 3.8) is 0 Å². The molecule has 1 amide bonds. The number of hydrogen-bond donors (Lipinski definition) is 3. The number of carbonyl (C=O) groups is 1. The van der Waals surface area contributed by atoms with Crippen LogP contribution in [0, 0.1) is 25.5 Å². The maximum atomic E-state index is 15.1. The molecule has 336 valence electrons. The third kappa shape index (κ3) is 8.96. The third-order valence-corrected chi connectivity index (χ3v) is 11.7. The zero-order valence-corrected chi connectivity index (χ0v) is 36.6. The molecule has 0 spiro atoms. The van der Waals surface area contributed by atoms with Crippen molar-refractivity contribution in [2.24, 2.45) is 0 Å². The van der Waals surface area contributed by atoms with Crippen LogP contribution in [-0.4, -0.2) is 93.3 Å². The zero-order chi connectivity index (χ0) is 45.2. The first kappa shape index (κ1) is 43.0. The Labute approximate surface area is 372 Å². The Balaban J connectivity index is 0.000000165. The van der Waals surface area contributed by atoms with Gasteiger partial charge in [-0.15, -0.1) is 0 Å². The van der Waals surface area contributed by atoms with Gasteiger partial charge in [0.05, 0.1) is 42.1 Å². The summed E-state index contributed by atoms with van der Waals surface area (Å²) in [6, 6.07) is 17.6. The molecule has 10 rings (SSSR count). The van der Waals surface area contributed by atoms with Crippen LogP contribution in [0.4, 0.5) is 8.78 Å². The number of likely N-dealkylation sites (tertiary alicyclic amines) is 1. The highest BCUT2D eigenvalue weighted by Crippen LogP contribution is 2.40. The molecule has 15 nitrogen and oxygen atoms in total. The Bertz CT molecular complexity index is 3040. The Morgan fingerprint density at radius 3 is 1.69 bits per heavy atom.